The number of amides is 1. The van der Waals surface area contributed by atoms with E-state index < -0.39 is 0 Å². The van der Waals surface area contributed by atoms with Crippen LogP contribution in [0.1, 0.15) is 64.7 Å². The number of nitrogens with zero attached hydrogens (tertiary/aromatic N) is 1. The Labute approximate surface area is 236 Å². The normalized spacial score (nSPS) is 15.1. The highest BCUT2D eigenvalue weighted by molar-refractivity contribution is 7.16. The lowest BCUT2D eigenvalue weighted by Gasteiger charge is -2.38. The maximum Gasteiger partial charge on any atom is 0.256 e. The van der Waals surface area contributed by atoms with Crippen molar-refractivity contribution < 1.29 is 9.53 Å². The molecule has 0 spiro atoms. The second kappa shape index (κ2) is 13.1. The van der Waals surface area contributed by atoms with Gasteiger partial charge in [0, 0.05) is 16.0 Å². The number of ether oxygens (including phenoxy) is 1. The SMILES string of the molecule is CCOc1ccc(C(c2cc(CC)sc2NC(=O)c2ccccc2)N2CCC(Cc3ccccc3)CC2)cc1. The number of anilines is 1. The van der Waals surface area contributed by atoms with Gasteiger partial charge in [-0.15, -0.1) is 11.3 Å². The minimum Gasteiger partial charge on any atom is -0.494 e. The average molecular weight is 539 g/mol. The highest BCUT2D eigenvalue weighted by Gasteiger charge is 2.31. The van der Waals surface area contributed by atoms with E-state index in [1.807, 2.05) is 37.3 Å². The first-order valence-corrected chi connectivity index (χ1v) is 15.0. The van der Waals surface area contributed by atoms with Gasteiger partial charge in [-0.2, -0.15) is 0 Å². The predicted molar refractivity (Wildman–Crippen MR) is 162 cm³/mol. The molecule has 0 aliphatic carbocycles. The Morgan fingerprint density at radius 3 is 2.26 bits per heavy atom. The highest BCUT2D eigenvalue weighted by atomic mass is 32.1. The number of benzene rings is 3. The van der Waals surface area contributed by atoms with E-state index in [-0.39, 0.29) is 11.9 Å². The summed E-state index contributed by atoms with van der Waals surface area (Å²) in [7, 11) is 0. The summed E-state index contributed by atoms with van der Waals surface area (Å²) in [6.07, 6.45) is 4.41. The van der Waals surface area contributed by atoms with E-state index in [4.69, 9.17) is 4.74 Å². The molecular weight excluding hydrogens is 500 g/mol. The number of carbonyl (C=O) groups is 1. The Morgan fingerprint density at radius 1 is 0.949 bits per heavy atom. The van der Waals surface area contributed by atoms with Crippen molar-refractivity contribution in [2.75, 3.05) is 25.0 Å². The van der Waals surface area contributed by atoms with Gasteiger partial charge in [-0.05, 0) is 93.1 Å². The van der Waals surface area contributed by atoms with Gasteiger partial charge in [0.2, 0.25) is 0 Å². The number of carbonyl (C=O) groups excluding carboxylic acids is 1. The molecule has 1 N–H and O–H groups in total. The topological polar surface area (TPSA) is 41.6 Å². The van der Waals surface area contributed by atoms with Crippen LogP contribution >= 0.6 is 11.3 Å². The van der Waals surface area contributed by atoms with E-state index in [9.17, 15) is 4.79 Å². The van der Waals surface area contributed by atoms with Crippen LogP contribution < -0.4 is 10.1 Å². The minimum absolute atomic E-state index is 0.0617. The lowest BCUT2D eigenvalue weighted by molar-refractivity contribution is 0.102. The Hall–Kier alpha value is -3.41. The fraction of sp³-hybridized carbons (Fsp3) is 0.324. The van der Waals surface area contributed by atoms with Crippen LogP contribution in [0.5, 0.6) is 5.75 Å². The van der Waals surface area contributed by atoms with E-state index in [0.717, 1.165) is 36.7 Å². The highest BCUT2D eigenvalue weighted by Crippen LogP contribution is 2.41. The Balaban J connectivity index is 1.43. The van der Waals surface area contributed by atoms with Gasteiger partial charge in [-0.25, -0.2) is 0 Å². The van der Waals surface area contributed by atoms with Gasteiger partial charge in [0.05, 0.1) is 12.6 Å². The molecule has 4 aromatic rings. The van der Waals surface area contributed by atoms with Crippen molar-refractivity contribution in [1.82, 2.24) is 4.90 Å². The zero-order valence-corrected chi connectivity index (χ0v) is 23.8. The van der Waals surface area contributed by atoms with Crippen LogP contribution in [0.4, 0.5) is 5.00 Å². The molecule has 1 aliphatic rings. The Bertz CT molecular complexity index is 1330. The van der Waals surface area contributed by atoms with Crippen LogP contribution in [0.3, 0.4) is 0 Å². The fourth-order valence-electron chi connectivity index (χ4n) is 5.56. The van der Waals surface area contributed by atoms with E-state index in [0.29, 0.717) is 18.1 Å². The van der Waals surface area contributed by atoms with Crippen molar-refractivity contribution in [2.24, 2.45) is 5.92 Å². The first-order valence-electron chi connectivity index (χ1n) is 14.1. The molecule has 1 unspecified atom stereocenters. The van der Waals surface area contributed by atoms with Crippen molar-refractivity contribution in [3.63, 3.8) is 0 Å². The molecule has 202 valence electrons. The molecule has 1 saturated heterocycles. The molecule has 39 heavy (non-hydrogen) atoms. The summed E-state index contributed by atoms with van der Waals surface area (Å²) in [4.78, 5) is 17.1. The standard InChI is InChI=1S/C34H38N2O2S/c1-3-30-24-31(34(39-30)35-33(37)28-13-9-6-10-14-28)32(27-15-17-29(18-16-27)38-4-2)36-21-19-26(20-22-36)23-25-11-7-5-8-12-25/h5-18,24,26,32H,3-4,19-23H2,1-2H3,(H,35,37). The molecule has 4 nitrogen and oxygen atoms in total. The summed E-state index contributed by atoms with van der Waals surface area (Å²) in [5.74, 6) is 1.52. The quantitative estimate of drug-likeness (QED) is 0.222. The Kier molecular flexibility index (Phi) is 9.12. The molecule has 0 radical (unpaired) electrons. The molecule has 0 saturated carbocycles. The summed E-state index contributed by atoms with van der Waals surface area (Å²) >= 11 is 1.70. The molecule has 3 aromatic carbocycles. The third-order valence-corrected chi connectivity index (χ3v) is 8.82. The number of hydrogen-bond donors (Lipinski definition) is 1. The minimum atomic E-state index is -0.0617. The van der Waals surface area contributed by atoms with Crippen LogP contribution in [0.15, 0.2) is 91.0 Å². The van der Waals surface area contributed by atoms with E-state index in [1.165, 1.54) is 34.4 Å². The number of thiophene rings is 1. The van der Waals surface area contributed by atoms with Crippen LogP contribution in [-0.2, 0) is 12.8 Å². The van der Waals surface area contributed by atoms with Crippen molar-refractivity contribution >= 4 is 22.2 Å². The van der Waals surface area contributed by atoms with Crippen molar-refractivity contribution in [3.05, 3.63) is 118 Å². The summed E-state index contributed by atoms with van der Waals surface area (Å²) in [6, 6.07) is 31.2. The number of rotatable bonds is 10. The molecule has 1 aromatic heterocycles. The smallest absolute Gasteiger partial charge is 0.256 e. The average Bonchev–Trinajstić information content (AvgIpc) is 3.38. The molecule has 2 heterocycles. The first kappa shape index (κ1) is 27.2. The summed E-state index contributed by atoms with van der Waals surface area (Å²) in [6.45, 7) is 6.89. The van der Waals surface area contributed by atoms with E-state index in [1.54, 1.807) is 11.3 Å². The van der Waals surface area contributed by atoms with Crippen molar-refractivity contribution in [2.45, 2.75) is 45.6 Å². The molecular formula is C34H38N2O2S. The van der Waals surface area contributed by atoms with Crippen molar-refractivity contribution in [3.8, 4) is 5.75 Å². The molecule has 0 bridgehead atoms. The lowest BCUT2D eigenvalue weighted by atomic mass is 9.88. The van der Waals surface area contributed by atoms with Crippen molar-refractivity contribution in [1.29, 1.82) is 0 Å². The molecule has 1 aliphatic heterocycles. The van der Waals surface area contributed by atoms with Crippen LogP contribution in [0.2, 0.25) is 0 Å². The molecule has 1 amide bonds. The van der Waals surface area contributed by atoms with Gasteiger partial charge in [0.15, 0.2) is 0 Å². The fourth-order valence-corrected chi connectivity index (χ4v) is 6.59. The van der Waals surface area contributed by atoms with Gasteiger partial charge >= 0.3 is 0 Å². The number of hydrogen-bond acceptors (Lipinski definition) is 4. The van der Waals surface area contributed by atoms with Gasteiger partial charge < -0.3 is 10.1 Å². The second-order valence-corrected chi connectivity index (χ2v) is 11.4. The maximum absolute atomic E-state index is 13.2. The lowest BCUT2D eigenvalue weighted by Crippen LogP contribution is -2.38. The monoisotopic (exact) mass is 538 g/mol. The number of likely N-dealkylation sites (tertiary alicyclic amines) is 1. The molecule has 5 heteroatoms. The van der Waals surface area contributed by atoms with Gasteiger partial charge in [-0.3, -0.25) is 9.69 Å². The van der Waals surface area contributed by atoms with Gasteiger partial charge in [0.1, 0.15) is 10.8 Å². The summed E-state index contributed by atoms with van der Waals surface area (Å²) < 4.78 is 5.74. The van der Waals surface area contributed by atoms with Crippen LogP contribution in [0, 0.1) is 5.92 Å². The molecule has 5 rings (SSSR count). The summed E-state index contributed by atoms with van der Waals surface area (Å²) in [5.41, 5.74) is 4.52. The zero-order chi connectivity index (χ0) is 27.0. The number of piperidine rings is 1. The van der Waals surface area contributed by atoms with Gasteiger partial charge in [-0.1, -0.05) is 67.6 Å². The second-order valence-electron chi connectivity index (χ2n) is 10.2. The maximum atomic E-state index is 13.2. The first-order chi connectivity index (χ1) is 19.1. The third-order valence-electron chi connectivity index (χ3n) is 7.61. The Morgan fingerprint density at radius 2 is 1.62 bits per heavy atom. The predicted octanol–water partition coefficient (Wildman–Crippen LogP) is 8.01. The third kappa shape index (κ3) is 6.78. The van der Waals surface area contributed by atoms with Crippen LogP contribution in [0.25, 0.3) is 0 Å². The summed E-state index contributed by atoms with van der Waals surface area (Å²) in [5, 5.41) is 4.22. The zero-order valence-electron chi connectivity index (χ0n) is 22.9. The van der Waals surface area contributed by atoms with Crippen LogP contribution in [-0.4, -0.2) is 30.5 Å². The largest absolute Gasteiger partial charge is 0.494 e. The molecule has 1 atom stereocenters. The molecule has 1 fully saturated rings. The van der Waals surface area contributed by atoms with Gasteiger partial charge in [0.25, 0.3) is 5.91 Å². The van der Waals surface area contributed by atoms with E-state index >= 15 is 0 Å². The van der Waals surface area contributed by atoms with E-state index in [2.05, 4.69) is 77.8 Å². The number of nitrogens with one attached hydrogen (secondary N) is 1. The number of aryl methyl sites for hydroxylation is 1.